The van der Waals surface area contributed by atoms with Crippen LogP contribution in [0.4, 0.5) is 13.2 Å². The van der Waals surface area contributed by atoms with Crippen molar-refractivity contribution in [3.63, 3.8) is 0 Å². The van der Waals surface area contributed by atoms with Gasteiger partial charge < -0.3 is 19.1 Å². The molecule has 2 heterocycles. The van der Waals surface area contributed by atoms with Gasteiger partial charge in [-0.3, -0.25) is 4.79 Å². The number of hydrogen-bond acceptors (Lipinski definition) is 5. The molecule has 42 heavy (non-hydrogen) atoms. The second-order valence-corrected chi connectivity index (χ2v) is 10.5. The topological polar surface area (TPSA) is 86.5 Å². The number of halogens is 3. The molecule has 1 aliphatic rings. The standard InChI is InChI=1S/C32H28F3N3O4/c33-32(34,35)42-23-13-9-20(10-14-23)18-38-29-16-15-24(41-19-22-12-11-21-5-1-4-8-27(21)36-22)17-28(29)37-30(38)25-6-2-3-7-26(25)31(39)40/h1,4-5,8-17,25-26H,2-3,6-7,18-19H2,(H,39,40)/t25-,26+/m0/s1. The number of fused-ring (bicyclic) bond motifs is 2. The summed E-state index contributed by atoms with van der Waals surface area (Å²) in [5.41, 5.74) is 3.84. The van der Waals surface area contributed by atoms with E-state index in [1.165, 1.54) is 12.1 Å². The van der Waals surface area contributed by atoms with Crippen LogP contribution in [0.1, 0.15) is 48.7 Å². The molecule has 1 saturated carbocycles. The van der Waals surface area contributed by atoms with Crippen molar-refractivity contribution in [2.24, 2.45) is 5.92 Å². The Balaban J connectivity index is 1.31. The Kier molecular flexibility index (Phi) is 7.45. The lowest BCUT2D eigenvalue weighted by atomic mass is 9.78. The van der Waals surface area contributed by atoms with Crippen molar-refractivity contribution in [3.05, 3.63) is 95.9 Å². The number of ether oxygens (including phenoxy) is 2. The number of rotatable bonds is 8. The molecule has 3 aromatic carbocycles. The normalized spacial score (nSPS) is 17.4. The zero-order valence-electron chi connectivity index (χ0n) is 22.6. The van der Waals surface area contributed by atoms with E-state index in [2.05, 4.69) is 9.72 Å². The van der Waals surface area contributed by atoms with Crippen molar-refractivity contribution in [1.29, 1.82) is 0 Å². The second-order valence-electron chi connectivity index (χ2n) is 10.5. The van der Waals surface area contributed by atoms with Crippen LogP contribution in [-0.2, 0) is 17.9 Å². The molecule has 0 unspecified atom stereocenters. The van der Waals surface area contributed by atoms with Gasteiger partial charge in [-0.1, -0.05) is 49.2 Å². The van der Waals surface area contributed by atoms with Crippen LogP contribution in [-0.4, -0.2) is 32.0 Å². The number of nitrogens with zero attached hydrogens (tertiary/aromatic N) is 3. The van der Waals surface area contributed by atoms with Gasteiger partial charge in [0.2, 0.25) is 0 Å². The molecule has 0 saturated heterocycles. The number of pyridine rings is 1. The van der Waals surface area contributed by atoms with E-state index in [4.69, 9.17) is 9.72 Å². The fraction of sp³-hybridized carbons (Fsp3) is 0.281. The number of aliphatic carboxylic acids is 1. The number of benzene rings is 3. The Morgan fingerprint density at radius 2 is 1.67 bits per heavy atom. The van der Waals surface area contributed by atoms with E-state index in [0.29, 0.717) is 36.5 Å². The highest BCUT2D eigenvalue weighted by Gasteiger charge is 2.35. The van der Waals surface area contributed by atoms with Gasteiger partial charge in [0.05, 0.1) is 28.2 Å². The zero-order chi connectivity index (χ0) is 29.3. The maximum Gasteiger partial charge on any atom is 0.573 e. The van der Waals surface area contributed by atoms with Crippen LogP contribution in [0, 0.1) is 5.92 Å². The molecule has 10 heteroatoms. The maximum absolute atomic E-state index is 12.6. The molecule has 0 amide bonds. The summed E-state index contributed by atoms with van der Waals surface area (Å²) in [6.07, 6.45) is -1.77. The fourth-order valence-electron chi connectivity index (χ4n) is 5.73. The number of carbonyl (C=O) groups is 1. The molecular formula is C32H28F3N3O4. The van der Waals surface area contributed by atoms with Gasteiger partial charge >= 0.3 is 12.3 Å². The molecule has 6 rings (SSSR count). The third kappa shape index (κ3) is 6.02. The predicted molar refractivity (Wildman–Crippen MR) is 150 cm³/mol. The maximum atomic E-state index is 12.6. The molecular weight excluding hydrogens is 547 g/mol. The van der Waals surface area contributed by atoms with E-state index in [1.54, 1.807) is 12.1 Å². The lowest BCUT2D eigenvalue weighted by molar-refractivity contribution is -0.274. The van der Waals surface area contributed by atoms with Crippen LogP contribution in [0.3, 0.4) is 0 Å². The van der Waals surface area contributed by atoms with Gasteiger partial charge in [-0.25, -0.2) is 9.97 Å². The van der Waals surface area contributed by atoms with E-state index in [1.807, 2.05) is 59.2 Å². The SMILES string of the molecule is O=C(O)[C@@H]1CCCC[C@@H]1c1nc2cc(OCc3ccc4ccccc4n3)ccc2n1Cc1ccc(OC(F)(F)F)cc1. The Morgan fingerprint density at radius 3 is 2.45 bits per heavy atom. The monoisotopic (exact) mass is 575 g/mol. The van der Waals surface area contributed by atoms with E-state index in [9.17, 15) is 23.1 Å². The predicted octanol–water partition coefficient (Wildman–Crippen LogP) is 7.47. The Hall–Kier alpha value is -4.60. The van der Waals surface area contributed by atoms with E-state index in [-0.39, 0.29) is 18.3 Å². The molecule has 0 aliphatic heterocycles. The fourth-order valence-corrected chi connectivity index (χ4v) is 5.73. The molecule has 0 bridgehead atoms. The van der Waals surface area contributed by atoms with Crippen molar-refractivity contribution in [2.45, 2.75) is 51.1 Å². The van der Waals surface area contributed by atoms with Gasteiger partial charge in [-0.15, -0.1) is 13.2 Å². The molecule has 7 nitrogen and oxygen atoms in total. The summed E-state index contributed by atoms with van der Waals surface area (Å²) < 4.78 is 49.9. The third-order valence-electron chi connectivity index (χ3n) is 7.70. The minimum atomic E-state index is -4.77. The summed E-state index contributed by atoms with van der Waals surface area (Å²) in [5.74, 6) is -0.752. The highest BCUT2D eigenvalue weighted by atomic mass is 19.4. The largest absolute Gasteiger partial charge is 0.573 e. The van der Waals surface area contributed by atoms with Gasteiger partial charge in [0.1, 0.15) is 23.9 Å². The van der Waals surface area contributed by atoms with Crippen molar-refractivity contribution in [1.82, 2.24) is 14.5 Å². The average Bonchev–Trinajstić information content (AvgIpc) is 3.33. The summed E-state index contributed by atoms with van der Waals surface area (Å²) in [5, 5.41) is 11.0. The van der Waals surface area contributed by atoms with Gasteiger partial charge in [-0.05, 0) is 54.8 Å². The first-order chi connectivity index (χ1) is 20.2. The number of hydrogen-bond donors (Lipinski definition) is 1. The van der Waals surface area contributed by atoms with E-state index in [0.717, 1.165) is 40.5 Å². The molecule has 2 atom stereocenters. The van der Waals surface area contributed by atoms with Crippen LogP contribution in [0.15, 0.2) is 78.9 Å². The first kappa shape index (κ1) is 27.6. The molecule has 1 N–H and O–H groups in total. The lowest BCUT2D eigenvalue weighted by Gasteiger charge is -2.28. The van der Waals surface area contributed by atoms with Crippen molar-refractivity contribution >= 4 is 27.9 Å². The number of alkyl halides is 3. The lowest BCUT2D eigenvalue weighted by Crippen LogP contribution is -2.27. The Labute approximate surface area is 239 Å². The van der Waals surface area contributed by atoms with Gasteiger partial charge in [0.25, 0.3) is 0 Å². The zero-order valence-corrected chi connectivity index (χ0v) is 22.6. The molecule has 2 aromatic heterocycles. The van der Waals surface area contributed by atoms with Gasteiger partial charge in [0.15, 0.2) is 0 Å². The molecule has 216 valence electrons. The first-order valence-corrected chi connectivity index (χ1v) is 13.8. The third-order valence-corrected chi connectivity index (χ3v) is 7.70. The number of carboxylic acids is 1. The van der Waals surface area contributed by atoms with Crippen molar-refractivity contribution in [2.75, 3.05) is 0 Å². The highest BCUT2D eigenvalue weighted by Crippen LogP contribution is 2.39. The number of para-hydroxylation sites is 1. The quantitative estimate of drug-likeness (QED) is 0.207. The molecule has 0 spiro atoms. The molecule has 0 radical (unpaired) electrons. The van der Waals surface area contributed by atoms with Gasteiger partial charge in [-0.2, -0.15) is 0 Å². The smallest absolute Gasteiger partial charge is 0.487 e. The molecule has 1 aliphatic carbocycles. The summed E-state index contributed by atoms with van der Waals surface area (Å²) >= 11 is 0. The number of aromatic nitrogens is 3. The second kappa shape index (κ2) is 11.3. The number of carboxylic acid groups (broad SMARTS) is 1. The minimum absolute atomic E-state index is 0.264. The Morgan fingerprint density at radius 1 is 0.905 bits per heavy atom. The van der Waals surface area contributed by atoms with Crippen LogP contribution in [0.25, 0.3) is 21.9 Å². The number of imidazole rings is 1. The van der Waals surface area contributed by atoms with Crippen molar-refractivity contribution in [3.8, 4) is 11.5 Å². The highest BCUT2D eigenvalue weighted by molar-refractivity contribution is 5.79. The van der Waals surface area contributed by atoms with E-state index < -0.39 is 18.2 Å². The minimum Gasteiger partial charge on any atom is -0.487 e. The summed E-state index contributed by atoms with van der Waals surface area (Å²) in [6.45, 7) is 0.572. The van der Waals surface area contributed by atoms with E-state index >= 15 is 0 Å². The summed E-state index contributed by atoms with van der Waals surface area (Å²) in [4.78, 5) is 21.7. The summed E-state index contributed by atoms with van der Waals surface area (Å²) in [7, 11) is 0. The van der Waals surface area contributed by atoms with Crippen LogP contribution < -0.4 is 9.47 Å². The summed E-state index contributed by atoms with van der Waals surface area (Å²) in [6, 6.07) is 23.0. The molecule has 5 aromatic rings. The average molecular weight is 576 g/mol. The van der Waals surface area contributed by atoms with Crippen molar-refractivity contribution < 1.29 is 32.5 Å². The van der Waals surface area contributed by atoms with Crippen LogP contribution >= 0.6 is 0 Å². The van der Waals surface area contributed by atoms with Gasteiger partial charge in [0, 0.05) is 23.9 Å². The van der Waals surface area contributed by atoms with Crippen LogP contribution in [0.2, 0.25) is 0 Å². The molecule has 1 fully saturated rings. The Bertz CT molecular complexity index is 1730. The van der Waals surface area contributed by atoms with Crippen LogP contribution in [0.5, 0.6) is 11.5 Å². The first-order valence-electron chi connectivity index (χ1n) is 13.8.